The summed E-state index contributed by atoms with van der Waals surface area (Å²) in [6.07, 6.45) is 1.22. The SMILES string of the molecule is COC[C@@H](Oc1ncc(Cl)c(Nc2cc(C)[nH]n2)n1)c1ncc(F)cc1F. The largest absolute Gasteiger partial charge is 0.451 e. The van der Waals surface area contributed by atoms with E-state index in [4.69, 9.17) is 21.1 Å². The van der Waals surface area contributed by atoms with Gasteiger partial charge < -0.3 is 14.8 Å². The lowest BCUT2D eigenvalue weighted by atomic mass is 10.2. The van der Waals surface area contributed by atoms with Crippen LogP contribution in [0, 0.1) is 18.6 Å². The Hall–Kier alpha value is -2.85. The van der Waals surface area contributed by atoms with E-state index in [1.807, 2.05) is 6.92 Å². The number of halogens is 3. The summed E-state index contributed by atoms with van der Waals surface area (Å²) in [6.45, 7) is 1.79. The zero-order valence-electron chi connectivity index (χ0n) is 14.3. The quantitative estimate of drug-likeness (QED) is 0.632. The predicted molar refractivity (Wildman–Crippen MR) is 93.0 cm³/mol. The third-order valence-corrected chi connectivity index (χ3v) is 3.66. The van der Waals surface area contributed by atoms with Crippen molar-refractivity contribution in [2.75, 3.05) is 19.0 Å². The Bertz CT molecular complexity index is 939. The van der Waals surface area contributed by atoms with Crippen LogP contribution in [0.5, 0.6) is 6.01 Å². The summed E-state index contributed by atoms with van der Waals surface area (Å²) in [5, 5.41) is 9.96. The van der Waals surface area contributed by atoms with E-state index in [1.165, 1.54) is 13.3 Å². The van der Waals surface area contributed by atoms with Crippen molar-refractivity contribution >= 4 is 23.2 Å². The number of pyridine rings is 1. The Morgan fingerprint density at radius 2 is 2.07 bits per heavy atom. The van der Waals surface area contributed by atoms with Gasteiger partial charge in [0.25, 0.3) is 0 Å². The van der Waals surface area contributed by atoms with Gasteiger partial charge in [-0.25, -0.2) is 13.8 Å². The number of hydrogen-bond acceptors (Lipinski definition) is 7. The van der Waals surface area contributed by atoms with Gasteiger partial charge in [0.1, 0.15) is 16.5 Å². The lowest BCUT2D eigenvalue weighted by Crippen LogP contribution is -2.18. The molecule has 3 aromatic rings. The van der Waals surface area contributed by atoms with E-state index in [2.05, 4.69) is 30.5 Å². The zero-order chi connectivity index (χ0) is 19.4. The molecule has 0 amide bonds. The molecule has 1 atom stereocenters. The Morgan fingerprint density at radius 3 is 2.74 bits per heavy atom. The molecular weight excluding hydrogens is 382 g/mol. The Balaban J connectivity index is 1.84. The van der Waals surface area contributed by atoms with Gasteiger partial charge in [0.05, 0.1) is 19.0 Å². The molecule has 2 N–H and O–H groups in total. The molecule has 0 bridgehead atoms. The van der Waals surface area contributed by atoms with Crippen LogP contribution in [0.2, 0.25) is 5.02 Å². The molecular formula is C16H15ClF2N6O2. The standard InChI is InChI=1S/C16H15ClF2N6O2/c1-8-3-13(25-24-8)22-15-10(17)6-21-16(23-15)27-12(7-26-2)14-11(19)4-9(18)5-20-14/h3-6,12H,7H2,1-2H3,(H2,21,22,23,24,25)/t12-/m1/s1. The number of H-pyrrole nitrogens is 1. The molecule has 0 aliphatic heterocycles. The van der Waals surface area contributed by atoms with Crippen molar-refractivity contribution in [1.29, 1.82) is 0 Å². The van der Waals surface area contributed by atoms with Crippen molar-refractivity contribution in [3.8, 4) is 6.01 Å². The Morgan fingerprint density at radius 1 is 1.26 bits per heavy atom. The van der Waals surface area contributed by atoms with Gasteiger partial charge >= 0.3 is 6.01 Å². The number of aromatic amines is 1. The summed E-state index contributed by atoms with van der Waals surface area (Å²) in [5.74, 6) is -0.914. The molecule has 0 fully saturated rings. The van der Waals surface area contributed by atoms with Gasteiger partial charge in [-0.15, -0.1) is 0 Å². The molecule has 3 heterocycles. The van der Waals surface area contributed by atoms with Crippen LogP contribution in [0.4, 0.5) is 20.4 Å². The van der Waals surface area contributed by atoms with E-state index in [-0.39, 0.29) is 29.2 Å². The molecule has 3 aromatic heterocycles. The monoisotopic (exact) mass is 396 g/mol. The van der Waals surface area contributed by atoms with Crippen LogP contribution in [0.25, 0.3) is 0 Å². The van der Waals surface area contributed by atoms with E-state index in [9.17, 15) is 8.78 Å². The zero-order valence-corrected chi connectivity index (χ0v) is 15.1. The normalized spacial score (nSPS) is 12.0. The molecule has 0 aliphatic rings. The van der Waals surface area contributed by atoms with Gasteiger partial charge in [-0.05, 0) is 6.92 Å². The van der Waals surface area contributed by atoms with Gasteiger partial charge in [-0.2, -0.15) is 10.1 Å². The summed E-state index contributed by atoms with van der Waals surface area (Å²) in [7, 11) is 1.41. The van der Waals surface area contributed by atoms with Crippen LogP contribution < -0.4 is 10.1 Å². The highest BCUT2D eigenvalue weighted by atomic mass is 35.5. The summed E-state index contributed by atoms with van der Waals surface area (Å²) in [5.41, 5.74) is 0.714. The molecule has 3 rings (SSSR count). The molecule has 0 spiro atoms. The predicted octanol–water partition coefficient (Wildman–Crippen LogP) is 3.34. The summed E-state index contributed by atoms with van der Waals surface area (Å²) in [4.78, 5) is 11.9. The first-order valence-electron chi connectivity index (χ1n) is 7.74. The number of nitrogens with one attached hydrogen (secondary N) is 2. The van der Waals surface area contributed by atoms with Crippen molar-refractivity contribution in [1.82, 2.24) is 25.1 Å². The van der Waals surface area contributed by atoms with Crippen molar-refractivity contribution < 1.29 is 18.3 Å². The van der Waals surface area contributed by atoms with E-state index >= 15 is 0 Å². The van der Waals surface area contributed by atoms with Crippen LogP contribution in [-0.4, -0.2) is 38.9 Å². The summed E-state index contributed by atoms with van der Waals surface area (Å²) < 4.78 is 37.8. The maximum absolute atomic E-state index is 14.0. The number of nitrogens with zero attached hydrogens (tertiary/aromatic N) is 4. The maximum atomic E-state index is 14.0. The van der Waals surface area contributed by atoms with Crippen molar-refractivity contribution in [3.05, 3.63) is 52.6 Å². The van der Waals surface area contributed by atoms with E-state index in [0.717, 1.165) is 11.9 Å². The van der Waals surface area contributed by atoms with Crippen LogP contribution in [0.3, 0.4) is 0 Å². The molecule has 11 heteroatoms. The third kappa shape index (κ3) is 4.66. The molecule has 0 radical (unpaired) electrons. The first-order valence-corrected chi connectivity index (χ1v) is 8.12. The molecule has 0 saturated carbocycles. The van der Waals surface area contributed by atoms with E-state index in [1.54, 1.807) is 6.07 Å². The molecule has 0 unspecified atom stereocenters. The average Bonchev–Trinajstić information content (AvgIpc) is 3.02. The number of aromatic nitrogens is 5. The fourth-order valence-electron chi connectivity index (χ4n) is 2.21. The van der Waals surface area contributed by atoms with Crippen molar-refractivity contribution in [2.45, 2.75) is 13.0 Å². The fourth-order valence-corrected chi connectivity index (χ4v) is 2.35. The lowest BCUT2D eigenvalue weighted by Gasteiger charge is -2.17. The van der Waals surface area contributed by atoms with Crippen LogP contribution >= 0.6 is 11.6 Å². The van der Waals surface area contributed by atoms with Gasteiger partial charge in [-0.3, -0.25) is 10.1 Å². The van der Waals surface area contributed by atoms with Crippen LogP contribution in [0.1, 0.15) is 17.5 Å². The van der Waals surface area contributed by atoms with Gasteiger partial charge in [-0.1, -0.05) is 11.6 Å². The van der Waals surface area contributed by atoms with Crippen molar-refractivity contribution in [2.24, 2.45) is 0 Å². The highest BCUT2D eigenvalue weighted by Gasteiger charge is 2.22. The molecule has 0 aromatic carbocycles. The second kappa shape index (κ2) is 8.23. The average molecular weight is 397 g/mol. The minimum absolute atomic E-state index is 0.0527. The highest BCUT2D eigenvalue weighted by molar-refractivity contribution is 6.32. The number of hydrogen-bond donors (Lipinski definition) is 2. The number of rotatable bonds is 7. The van der Waals surface area contributed by atoms with E-state index < -0.39 is 17.7 Å². The topological polar surface area (TPSA) is 97.8 Å². The maximum Gasteiger partial charge on any atom is 0.319 e. The first-order chi connectivity index (χ1) is 13.0. The molecule has 8 nitrogen and oxygen atoms in total. The smallest absolute Gasteiger partial charge is 0.319 e. The Kier molecular flexibility index (Phi) is 5.77. The lowest BCUT2D eigenvalue weighted by molar-refractivity contribution is 0.0693. The van der Waals surface area contributed by atoms with Gasteiger partial charge in [0.15, 0.2) is 23.6 Å². The minimum atomic E-state index is -0.989. The first kappa shape index (κ1) is 18.9. The number of aryl methyl sites for hydroxylation is 1. The van der Waals surface area contributed by atoms with Gasteiger partial charge in [0.2, 0.25) is 0 Å². The highest BCUT2D eigenvalue weighted by Crippen LogP contribution is 2.26. The van der Waals surface area contributed by atoms with Crippen LogP contribution in [0.15, 0.2) is 24.5 Å². The number of anilines is 2. The minimum Gasteiger partial charge on any atom is -0.451 e. The second-order valence-corrected chi connectivity index (χ2v) is 5.90. The fraction of sp³-hybridized carbons (Fsp3) is 0.250. The second-order valence-electron chi connectivity index (χ2n) is 5.49. The van der Waals surface area contributed by atoms with Crippen LogP contribution in [-0.2, 0) is 4.74 Å². The van der Waals surface area contributed by atoms with E-state index in [0.29, 0.717) is 11.9 Å². The number of methoxy groups -OCH3 is 1. The molecule has 0 saturated heterocycles. The van der Waals surface area contributed by atoms with Crippen molar-refractivity contribution in [3.63, 3.8) is 0 Å². The Labute approximate surface area is 157 Å². The summed E-state index contributed by atoms with van der Waals surface area (Å²) in [6, 6.07) is 2.37. The molecule has 27 heavy (non-hydrogen) atoms. The number of ether oxygens (including phenoxy) is 2. The molecule has 0 aliphatic carbocycles. The third-order valence-electron chi connectivity index (χ3n) is 3.38. The van der Waals surface area contributed by atoms with Gasteiger partial charge in [0, 0.05) is 24.9 Å². The summed E-state index contributed by atoms with van der Waals surface area (Å²) >= 11 is 6.09. The molecule has 142 valence electrons.